The van der Waals surface area contributed by atoms with E-state index in [0.717, 1.165) is 6.42 Å². The van der Waals surface area contributed by atoms with Gasteiger partial charge in [0.15, 0.2) is 0 Å². The van der Waals surface area contributed by atoms with Crippen LogP contribution in [0.1, 0.15) is 24.5 Å². The summed E-state index contributed by atoms with van der Waals surface area (Å²) in [5.41, 5.74) is 3.86. The van der Waals surface area contributed by atoms with Gasteiger partial charge in [-0.1, -0.05) is 116 Å². The zero-order valence-electron chi connectivity index (χ0n) is 29.6. The molecule has 6 aromatic rings. The van der Waals surface area contributed by atoms with Gasteiger partial charge < -0.3 is 5.32 Å². The van der Waals surface area contributed by atoms with Crippen molar-refractivity contribution < 1.29 is 16.5 Å². The summed E-state index contributed by atoms with van der Waals surface area (Å²) in [6, 6.07) is 62.8. The quantitative estimate of drug-likeness (QED) is 0.0664. The molecule has 0 spiro atoms. The number of hydrogen-bond acceptors (Lipinski definition) is 1. The third-order valence-corrected chi connectivity index (χ3v) is 18.4. The number of aryl methyl sites for hydroxylation is 2. The summed E-state index contributed by atoms with van der Waals surface area (Å²) in [4.78, 5) is 0. The second-order valence-corrected chi connectivity index (χ2v) is 20.4. The molecule has 0 aliphatic heterocycles. The fourth-order valence-electron chi connectivity index (χ4n) is 6.35. The Morgan fingerprint density at radius 3 is 1.06 bits per heavy atom. The van der Waals surface area contributed by atoms with Gasteiger partial charge in [0.05, 0.1) is 54.7 Å². The molecule has 5 heteroatoms. The van der Waals surface area contributed by atoms with Gasteiger partial charge in [-0.2, -0.15) is 6.42 Å². The summed E-state index contributed by atoms with van der Waals surface area (Å²) in [5, 5.41) is 11.0. The second kappa shape index (κ2) is 22.0. The summed E-state index contributed by atoms with van der Waals surface area (Å²) in [5.74, 6) is 0. The van der Waals surface area contributed by atoms with Gasteiger partial charge in [-0.25, -0.2) is 6.54 Å². The van der Waals surface area contributed by atoms with Crippen LogP contribution in [-0.4, -0.2) is 24.6 Å². The molecule has 0 saturated carbocycles. The van der Waals surface area contributed by atoms with Crippen molar-refractivity contribution in [1.82, 2.24) is 0 Å². The van der Waals surface area contributed by atoms with Crippen molar-refractivity contribution in [2.24, 2.45) is 0 Å². The first-order valence-corrected chi connectivity index (χ1v) is 22.9. The van der Waals surface area contributed by atoms with E-state index < -0.39 is 23.8 Å². The van der Waals surface area contributed by atoms with Crippen LogP contribution in [0.15, 0.2) is 170 Å². The number of nitrogens with one attached hydrogen (secondary N) is 1. The van der Waals surface area contributed by atoms with Crippen LogP contribution in [0.4, 0.5) is 5.69 Å². The van der Waals surface area contributed by atoms with Gasteiger partial charge in [-0.15, -0.1) is 0 Å². The largest absolute Gasteiger partial charge is 3.00 e. The van der Waals surface area contributed by atoms with E-state index in [1.165, 1.54) is 62.7 Å². The molecule has 1 radical (unpaired) electrons. The molecule has 0 bridgehead atoms. The zero-order valence-corrected chi connectivity index (χ0v) is 33.6. The van der Waals surface area contributed by atoms with Gasteiger partial charge in [-0.3, -0.25) is 0 Å². The maximum absolute atomic E-state index is 3.31. The molecular weight excluding hydrogens is 706 g/mol. The Bertz CT molecular complexity index is 1590. The Labute approximate surface area is 315 Å². The number of hydrogen-bond donors (Lipinski definition) is 1. The fourth-order valence-corrected chi connectivity index (χ4v) is 16.5. The number of anilines is 1. The van der Waals surface area contributed by atoms with Gasteiger partial charge in [0, 0.05) is 13.6 Å². The smallest absolute Gasteiger partial charge is 0.535 e. The Hall–Kier alpha value is -3.10. The van der Waals surface area contributed by atoms with Gasteiger partial charge in [0.1, 0.15) is 12.3 Å². The molecule has 6 rings (SSSR count). The number of para-hydroxylation sites is 1. The van der Waals surface area contributed by atoms with Crippen LogP contribution in [0.2, 0.25) is 0 Å². The van der Waals surface area contributed by atoms with E-state index in [0.29, 0.717) is 0 Å². The zero-order chi connectivity index (χ0) is 34.1. The minimum Gasteiger partial charge on any atom is -0.535 e. The fraction of sp³-hybridized carbons (Fsp3) is 0.178. The van der Waals surface area contributed by atoms with E-state index in [4.69, 9.17) is 0 Å². The topological polar surface area (TPSA) is 12.0 Å². The molecule has 1 nitrogen and oxygen atoms in total. The van der Waals surface area contributed by atoms with E-state index in [1.54, 1.807) is 5.30 Å². The van der Waals surface area contributed by atoms with Crippen LogP contribution in [0, 0.1) is 20.4 Å². The van der Waals surface area contributed by atoms with Gasteiger partial charge in [0.25, 0.3) is 0 Å². The van der Waals surface area contributed by atoms with E-state index >= 15 is 0 Å². The van der Waals surface area contributed by atoms with E-state index in [9.17, 15) is 0 Å². The Morgan fingerprint density at radius 1 is 0.420 bits per heavy atom. The molecule has 1 N–H and O–H groups in total. The SMILES string of the molecule is CC[CH-]Nc1c(C)cccc1C.[Ni+3].c1ccc([PH+](CC[PH+](c2ccccc2)c2ccccc2)CC[PH+](c2ccccc2)c2ccccc2)cc1. The Kier molecular flexibility index (Phi) is 17.4. The van der Waals surface area contributed by atoms with Gasteiger partial charge in [0.2, 0.25) is 0 Å². The van der Waals surface area contributed by atoms with Crippen LogP contribution < -0.4 is 31.8 Å². The van der Waals surface area contributed by atoms with E-state index in [1.807, 2.05) is 0 Å². The standard InChI is InChI=1S/C34H33P3.C11H16N.Ni/c1-6-16-30(17-7-1)35(26-28-36(31-18-8-2-9-19-31)32-20-10-3-11-21-32)27-29-37(33-22-12-4-13-23-33)34-24-14-5-15-25-34;1-4-8-12-11-9(2)6-5-7-10(11)3;/h1-25H,26-29H2;5-8,12H,4H2,1-3H3;/q;-1;+3/p+3. The maximum Gasteiger partial charge on any atom is 3.00 e. The first-order valence-electron chi connectivity index (χ1n) is 17.6. The molecular formula is C45H52NNiP3+5. The van der Waals surface area contributed by atoms with Crippen molar-refractivity contribution in [2.75, 3.05) is 30.0 Å². The predicted molar refractivity (Wildman–Crippen MR) is 229 cm³/mol. The Morgan fingerprint density at radius 2 is 0.740 bits per heavy atom. The molecule has 257 valence electrons. The van der Waals surface area contributed by atoms with E-state index in [2.05, 4.69) is 202 Å². The monoisotopic (exact) mass is 757 g/mol. The third-order valence-electron chi connectivity index (χ3n) is 8.96. The summed E-state index contributed by atoms with van der Waals surface area (Å²) >= 11 is 0. The number of benzene rings is 6. The van der Waals surface area contributed by atoms with Crippen LogP contribution in [-0.2, 0) is 16.5 Å². The molecule has 0 amide bonds. The average molecular weight is 759 g/mol. The molecule has 50 heavy (non-hydrogen) atoms. The first kappa shape index (κ1) is 39.7. The minimum absolute atomic E-state index is 0. The molecule has 0 atom stereocenters. The third kappa shape index (κ3) is 12.0. The molecule has 0 unspecified atom stereocenters. The molecule has 0 fully saturated rings. The van der Waals surface area contributed by atoms with Crippen molar-refractivity contribution in [1.29, 1.82) is 0 Å². The first-order chi connectivity index (χ1) is 24.1. The van der Waals surface area contributed by atoms with Crippen molar-refractivity contribution in [2.45, 2.75) is 27.2 Å². The van der Waals surface area contributed by atoms with Crippen LogP contribution >= 0.6 is 23.8 Å². The summed E-state index contributed by atoms with van der Waals surface area (Å²) < 4.78 is 0. The molecule has 6 aromatic carbocycles. The van der Waals surface area contributed by atoms with E-state index in [-0.39, 0.29) is 16.5 Å². The Balaban J connectivity index is 0.000000368. The van der Waals surface area contributed by atoms with Crippen LogP contribution in [0.25, 0.3) is 0 Å². The van der Waals surface area contributed by atoms with Crippen LogP contribution in [0.5, 0.6) is 0 Å². The minimum atomic E-state index is -0.809. The second-order valence-electron chi connectivity index (χ2n) is 12.4. The molecule has 0 saturated heterocycles. The summed E-state index contributed by atoms with van der Waals surface area (Å²) in [6.07, 6.45) is 6.28. The van der Waals surface area contributed by atoms with Crippen molar-refractivity contribution in [3.8, 4) is 0 Å². The van der Waals surface area contributed by atoms with Crippen molar-refractivity contribution in [3.63, 3.8) is 0 Å². The molecule has 0 aromatic heterocycles. The van der Waals surface area contributed by atoms with Gasteiger partial charge in [-0.05, 0) is 85.6 Å². The van der Waals surface area contributed by atoms with Gasteiger partial charge >= 0.3 is 16.5 Å². The van der Waals surface area contributed by atoms with Crippen LogP contribution in [0.3, 0.4) is 0 Å². The summed E-state index contributed by atoms with van der Waals surface area (Å²) in [6.45, 7) is 8.45. The summed E-state index contributed by atoms with van der Waals surface area (Å²) in [7, 11) is -2.31. The molecule has 0 aliphatic rings. The maximum atomic E-state index is 3.31. The van der Waals surface area contributed by atoms with Crippen molar-refractivity contribution >= 4 is 56.0 Å². The average Bonchev–Trinajstić information content (AvgIpc) is 3.16. The molecule has 0 aliphatic carbocycles. The normalized spacial score (nSPS) is 10.8. The number of rotatable bonds is 14. The van der Waals surface area contributed by atoms with Crippen molar-refractivity contribution in [3.05, 3.63) is 188 Å². The predicted octanol–water partition coefficient (Wildman–Crippen LogP) is 9.54. The molecule has 0 heterocycles.